The van der Waals surface area contributed by atoms with E-state index in [-0.39, 0.29) is 53.3 Å². The van der Waals surface area contributed by atoms with Crippen LogP contribution in [0.25, 0.3) is 0 Å². The molecule has 2 saturated carbocycles. The second-order valence-corrected chi connectivity index (χ2v) is 9.25. The van der Waals surface area contributed by atoms with E-state index >= 15 is 0 Å². The number of imide groups is 1. The number of amides is 2. The van der Waals surface area contributed by atoms with Crippen LogP contribution in [0.1, 0.15) is 29.3 Å². The average molecular weight is 435 g/mol. The minimum Gasteiger partial charge on any atom is -0.391 e. The topological polar surface area (TPSA) is 76.0 Å². The summed E-state index contributed by atoms with van der Waals surface area (Å²) in [6.45, 7) is 1.49. The highest BCUT2D eigenvalue weighted by Crippen LogP contribution is 2.62. The number of carbonyl (C=O) groups excluding carboxylic acids is 3. The van der Waals surface area contributed by atoms with Gasteiger partial charge in [0.25, 0.3) is 0 Å². The average Bonchev–Trinajstić information content (AvgIpc) is 3.49. The monoisotopic (exact) mass is 434 g/mol. The van der Waals surface area contributed by atoms with E-state index in [1.807, 2.05) is 24.3 Å². The number of fused-ring (bicyclic) bond motifs is 8. The fourth-order valence-electron chi connectivity index (χ4n) is 6.08. The quantitative estimate of drug-likeness (QED) is 0.545. The van der Waals surface area contributed by atoms with Crippen molar-refractivity contribution in [2.75, 3.05) is 4.90 Å². The summed E-state index contributed by atoms with van der Waals surface area (Å²) in [6.07, 6.45) is 0.625. The predicted molar refractivity (Wildman–Crippen MR) is 114 cm³/mol. The molecule has 0 radical (unpaired) electrons. The zero-order valence-electron chi connectivity index (χ0n) is 16.7. The van der Waals surface area contributed by atoms with Crippen molar-refractivity contribution in [3.05, 3.63) is 64.7 Å². The van der Waals surface area contributed by atoms with Gasteiger partial charge in [0.1, 0.15) is 6.10 Å². The van der Waals surface area contributed by atoms with Crippen LogP contribution >= 0.6 is 11.6 Å². The Hall–Kier alpha value is -2.99. The van der Waals surface area contributed by atoms with Crippen molar-refractivity contribution in [2.24, 2.45) is 34.7 Å². The zero-order chi connectivity index (χ0) is 21.4. The molecule has 0 aromatic heterocycles. The summed E-state index contributed by atoms with van der Waals surface area (Å²) in [5.41, 5.74) is 2.85. The third-order valence-electron chi connectivity index (χ3n) is 7.36. The molecule has 4 aliphatic rings. The van der Waals surface area contributed by atoms with Gasteiger partial charge in [0.2, 0.25) is 11.8 Å². The third-order valence-corrected chi connectivity index (χ3v) is 7.61. The van der Waals surface area contributed by atoms with Crippen LogP contribution in [0.3, 0.4) is 0 Å². The van der Waals surface area contributed by atoms with Gasteiger partial charge in [0.05, 0.1) is 23.2 Å². The van der Waals surface area contributed by atoms with Crippen molar-refractivity contribution in [3.8, 4) is 0 Å². The van der Waals surface area contributed by atoms with Gasteiger partial charge in [0.15, 0.2) is 5.78 Å². The van der Waals surface area contributed by atoms with Crippen LogP contribution in [0.5, 0.6) is 0 Å². The number of ketones is 1. The highest BCUT2D eigenvalue weighted by Gasteiger charge is 2.70. The number of carbonyl (C=O) groups is 3. The molecule has 2 aromatic rings. The van der Waals surface area contributed by atoms with E-state index in [0.29, 0.717) is 16.3 Å². The summed E-state index contributed by atoms with van der Waals surface area (Å²) >= 11 is 6.02. The van der Waals surface area contributed by atoms with Crippen LogP contribution in [0.15, 0.2) is 53.7 Å². The van der Waals surface area contributed by atoms with E-state index in [1.165, 1.54) is 11.8 Å². The first-order valence-electron chi connectivity index (χ1n) is 10.4. The fourth-order valence-corrected chi connectivity index (χ4v) is 6.21. The number of oxime groups is 1. The summed E-state index contributed by atoms with van der Waals surface area (Å²) in [4.78, 5) is 45.4. The molecule has 2 bridgehead atoms. The van der Waals surface area contributed by atoms with Gasteiger partial charge < -0.3 is 4.84 Å². The van der Waals surface area contributed by atoms with Crippen LogP contribution in [-0.2, 0) is 14.4 Å². The molecule has 3 fully saturated rings. The summed E-state index contributed by atoms with van der Waals surface area (Å²) in [5.74, 6) is -1.10. The van der Waals surface area contributed by atoms with Crippen molar-refractivity contribution in [1.29, 1.82) is 0 Å². The number of nitrogens with zero attached hydrogens (tertiary/aromatic N) is 2. The number of rotatable bonds is 3. The number of Topliss-reactive ketones (excluding diaryl/α,β-unsaturated/α-hetero) is 1. The molecule has 6 rings (SSSR count). The molecule has 2 heterocycles. The molecule has 1 saturated heterocycles. The van der Waals surface area contributed by atoms with Gasteiger partial charge in [-0.25, -0.2) is 0 Å². The maximum absolute atomic E-state index is 13.4. The summed E-state index contributed by atoms with van der Waals surface area (Å²) in [5, 5.41) is 5.00. The van der Waals surface area contributed by atoms with Gasteiger partial charge in [-0.3, -0.25) is 19.3 Å². The zero-order valence-corrected chi connectivity index (χ0v) is 17.5. The molecule has 0 spiro atoms. The first-order valence-corrected chi connectivity index (χ1v) is 10.8. The second-order valence-electron chi connectivity index (χ2n) is 8.81. The van der Waals surface area contributed by atoms with E-state index in [9.17, 15) is 14.4 Å². The van der Waals surface area contributed by atoms with Crippen molar-refractivity contribution >= 4 is 40.6 Å². The van der Waals surface area contributed by atoms with Crippen LogP contribution in [0.4, 0.5) is 5.69 Å². The Morgan fingerprint density at radius 1 is 0.968 bits per heavy atom. The molecular formula is C24H19ClN2O4. The van der Waals surface area contributed by atoms with E-state index in [1.54, 1.807) is 24.3 Å². The molecule has 2 aromatic carbocycles. The Kier molecular flexibility index (Phi) is 3.93. The van der Waals surface area contributed by atoms with Crippen molar-refractivity contribution in [3.63, 3.8) is 0 Å². The Labute approximate surface area is 183 Å². The predicted octanol–water partition coefficient (Wildman–Crippen LogP) is 3.72. The third kappa shape index (κ3) is 2.51. The first-order chi connectivity index (χ1) is 15.0. The maximum Gasteiger partial charge on any atom is 0.238 e. The molecule has 7 heteroatoms. The van der Waals surface area contributed by atoms with Gasteiger partial charge >= 0.3 is 0 Å². The van der Waals surface area contributed by atoms with Gasteiger partial charge in [0, 0.05) is 22.4 Å². The van der Waals surface area contributed by atoms with Crippen molar-refractivity contribution in [1.82, 2.24) is 0 Å². The van der Waals surface area contributed by atoms with Gasteiger partial charge in [-0.15, -0.1) is 0 Å². The van der Waals surface area contributed by atoms with E-state index < -0.39 is 0 Å². The minimum atomic E-state index is -0.369. The standard InChI is InChI=1S/C24H19ClN2O4/c1-11(28)12-4-8-15(9-5-12)27-23(29)18-16-10-17(19(18)24(27)30)22-20(16)21(26-31-22)13-2-6-14(25)7-3-13/h2-9,16-20,22H,10H2,1H3/t16-,17+,18-,19+,20+,22+/m0/s1. The molecular weight excluding hydrogens is 416 g/mol. The molecule has 2 amide bonds. The molecule has 6 nitrogen and oxygen atoms in total. The van der Waals surface area contributed by atoms with E-state index in [4.69, 9.17) is 16.4 Å². The van der Waals surface area contributed by atoms with Crippen molar-refractivity contribution < 1.29 is 19.2 Å². The molecule has 0 unspecified atom stereocenters. The van der Waals surface area contributed by atoms with E-state index in [2.05, 4.69) is 5.16 Å². The highest BCUT2D eigenvalue weighted by atomic mass is 35.5. The summed E-state index contributed by atoms with van der Waals surface area (Å²) in [6, 6.07) is 14.1. The van der Waals surface area contributed by atoms with Crippen LogP contribution < -0.4 is 4.90 Å². The number of benzene rings is 2. The smallest absolute Gasteiger partial charge is 0.238 e. The Morgan fingerprint density at radius 3 is 2.26 bits per heavy atom. The number of halogens is 1. The Balaban J connectivity index is 1.32. The SMILES string of the molecule is CC(=O)c1ccc(N2C(=O)[C@@H]3[C@H]4C[C@H]([C@@H]5C(c6ccc(Cl)cc6)=NO[C@H]45)[C@@H]3C2=O)cc1. The number of hydrogen-bond acceptors (Lipinski definition) is 5. The van der Waals surface area contributed by atoms with Crippen LogP contribution in [-0.4, -0.2) is 29.4 Å². The van der Waals surface area contributed by atoms with Crippen molar-refractivity contribution in [2.45, 2.75) is 19.4 Å². The highest BCUT2D eigenvalue weighted by molar-refractivity contribution is 6.30. The summed E-state index contributed by atoms with van der Waals surface area (Å²) < 4.78 is 0. The lowest BCUT2D eigenvalue weighted by atomic mass is 9.71. The molecule has 2 aliphatic heterocycles. The van der Waals surface area contributed by atoms with Gasteiger partial charge in [-0.05, 0) is 61.2 Å². The fraction of sp³-hybridized carbons (Fsp3) is 0.333. The molecule has 6 atom stereocenters. The Morgan fingerprint density at radius 2 is 1.61 bits per heavy atom. The normalized spacial score (nSPS) is 32.7. The number of anilines is 1. The van der Waals surface area contributed by atoms with Gasteiger partial charge in [-0.2, -0.15) is 0 Å². The maximum atomic E-state index is 13.4. The van der Waals surface area contributed by atoms with Gasteiger partial charge in [-0.1, -0.05) is 28.9 Å². The minimum absolute atomic E-state index is 0.00390. The number of hydrogen-bond donors (Lipinski definition) is 0. The lowest BCUT2D eigenvalue weighted by molar-refractivity contribution is -0.125. The lowest BCUT2D eigenvalue weighted by Gasteiger charge is -2.29. The molecule has 0 N–H and O–H groups in total. The summed E-state index contributed by atoms with van der Waals surface area (Å²) in [7, 11) is 0. The largest absolute Gasteiger partial charge is 0.391 e. The first kappa shape index (κ1) is 18.8. The molecule has 31 heavy (non-hydrogen) atoms. The molecule has 156 valence electrons. The van der Waals surface area contributed by atoms with Crippen LogP contribution in [0.2, 0.25) is 5.02 Å². The second kappa shape index (κ2) is 6.50. The van der Waals surface area contributed by atoms with Crippen LogP contribution in [0, 0.1) is 29.6 Å². The lowest BCUT2D eigenvalue weighted by Crippen LogP contribution is -2.41. The Bertz CT molecular complexity index is 1160. The molecule has 2 aliphatic carbocycles. The van der Waals surface area contributed by atoms with E-state index in [0.717, 1.165) is 17.7 Å².